The smallest absolute Gasteiger partial charge is 0.337 e. The summed E-state index contributed by atoms with van der Waals surface area (Å²) in [6, 6.07) is 11.9. The zero-order valence-corrected chi connectivity index (χ0v) is 16.6. The number of esters is 1. The summed E-state index contributed by atoms with van der Waals surface area (Å²) in [7, 11) is 1.41. The SMILES string of the molecule is COC(=O)c1ccc([C@@H]2Nc3c(Cl)cc(Cl)cc3[C@@H]3[C@H]4CC[C@@H](C4)[C@@H]32)cc1. The molecule has 0 unspecified atom stereocenters. The number of ether oxygens (including phenoxy) is 1. The summed E-state index contributed by atoms with van der Waals surface area (Å²) in [5.74, 6) is 2.17. The standard InChI is InChI=1S/C22H21Cl2NO2/c1-27-22(26)12-4-2-11(3-5-12)20-19-14-7-6-13(8-14)18(19)16-9-15(23)10-17(24)21(16)25-20/h2-5,9-10,13-14,18-20,25H,6-8H2,1H3/t13-,14-,18-,19-,20-/m0/s1. The molecule has 2 fully saturated rings. The predicted molar refractivity (Wildman–Crippen MR) is 108 cm³/mol. The quantitative estimate of drug-likeness (QED) is 0.619. The Kier molecular flexibility index (Phi) is 4.14. The Morgan fingerprint density at radius 3 is 2.59 bits per heavy atom. The number of carbonyl (C=O) groups is 1. The Bertz CT molecular complexity index is 911. The molecular weight excluding hydrogens is 381 g/mol. The second-order valence-electron chi connectivity index (χ2n) is 8.02. The van der Waals surface area contributed by atoms with Gasteiger partial charge in [0.05, 0.1) is 29.4 Å². The topological polar surface area (TPSA) is 38.3 Å². The molecule has 0 aromatic heterocycles. The third kappa shape index (κ3) is 2.67. The summed E-state index contributed by atoms with van der Waals surface area (Å²) in [4.78, 5) is 11.8. The Labute approximate surface area is 169 Å². The Hall–Kier alpha value is -1.71. The molecule has 1 N–H and O–H groups in total. The van der Waals surface area contributed by atoms with Gasteiger partial charge in [-0.15, -0.1) is 0 Å². The number of rotatable bonds is 2. The minimum atomic E-state index is -0.306. The average molecular weight is 402 g/mol. The van der Waals surface area contributed by atoms with Gasteiger partial charge >= 0.3 is 5.97 Å². The van der Waals surface area contributed by atoms with Crippen molar-refractivity contribution in [3.05, 3.63) is 63.1 Å². The monoisotopic (exact) mass is 401 g/mol. The second-order valence-corrected chi connectivity index (χ2v) is 8.87. The van der Waals surface area contributed by atoms with E-state index in [0.717, 1.165) is 11.6 Å². The molecule has 1 aliphatic heterocycles. The maximum Gasteiger partial charge on any atom is 0.337 e. The van der Waals surface area contributed by atoms with E-state index in [1.54, 1.807) is 0 Å². The van der Waals surface area contributed by atoms with Crippen LogP contribution in [0.2, 0.25) is 10.0 Å². The summed E-state index contributed by atoms with van der Waals surface area (Å²) in [6.45, 7) is 0. The highest BCUT2D eigenvalue weighted by atomic mass is 35.5. The lowest BCUT2D eigenvalue weighted by Crippen LogP contribution is -2.35. The van der Waals surface area contributed by atoms with Crippen molar-refractivity contribution < 1.29 is 9.53 Å². The molecule has 5 heteroatoms. The molecule has 1 heterocycles. The van der Waals surface area contributed by atoms with E-state index in [-0.39, 0.29) is 12.0 Å². The van der Waals surface area contributed by atoms with Crippen LogP contribution >= 0.6 is 23.2 Å². The highest BCUT2D eigenvalue weighted by molar-refractivity contribution is 6.36. The van der Waals surface area contributed by atoms with Gasteiger partial charge in [0.25, 0.3) is 0 Å². The van der Waals surface area contributed by atoms with E-state index in [0.29, 0.717) is 33.4 Å². The maximum atomic E-state index is 11.8. The molecule has 0 amide bonds. The van der Waals surface area contributed by atoms with Crippen LogP contribution in [0, 0.1) is 17.8 Å². The number of hydrogen-bond donors (Lipinski definition) is 1. The number of anilines is 1. The van der Waals surface area contributed by atoms with Crippen molar-refractivity contribution in [2.45, 2.75) is 31.2 Å². The summed E-state index contributed by atoms with van der Waals surface area (Å²) in [5.41, 5.74) is 4.08. The fourth-order valence-corrected chi connectivity index (χ4v) is 6.35. The van der Waals surface area contributed by atoms with Crippen molar-refractivity contribution in [3.8, 4) is 0 Å². The predicted octanol–water partition coefficient (Wildman–Crippen LogP) is 6.08. The van der Waals surface area contributed by atoms with E-state index in [2.05, 4.69) is 11.4 Å². The molecule has 27 heavy (non-hydrogen) atoms. The summed E-state index contributed by atoms with van der Waals surface area (Å²) in [5, 5.41) is 5.12. The van der Waals surface area contributed by atoms with Crippen LogP contribution in [-0.4, -0.2) is 13.1 Å². The first-order valence-electron chi connectivity index (χ1n) is 9.50. The first-order chi connectivity index (χ1) is 13.1. The number of methoxy groups -OCH3 is 1. The molecule has 2 aliphatic carbocycles. The number of nitrogens with one attached hydrogen (secondary N) is 1. The van der Waals surface area contributed by atoms with Crippen molar-refractivity contribution >= 4 is 34.9 Å². The summed E-state index contributed by atoms with van der Waals surface area (Å²) < 4.78 is 4.82. The van der Waals surface area contributed by atoms with Crippen LogP contribution in [0.3, 0.4) is 0 Å². The lowest BCUT2D eigenvalue weighted by Gasteiger charge is -2.44. The van der Waals surface area contributed by atoms with Crippen LogP contribution in [0.4, 0.5) is 5.69 Å². The Morgan fingerprint density at radius 2 is 1.85 bits per heavy atom. The molecule has 140 valence electrons. The van der Waals surface area contributed by atoms with Gasteiger partial charge in [0, 0.05) is 5.02 Å². The fraction of sp³-hybridized carbons (Fsp3) is 0.409. The largest absolute Gasteiger partial charge is 0.465 e. The third-order valence-electron chi connectivity index (χ3n) is 6.80. The minimum absolute atomic E-state index is 0.197. The Morgan fingerprint density at radius 1 is 1.11 bits per heavy atom. The molecule has 3 aliphatic rings. The highest BCUT2D eigenvalue weighted by Gasteiger charge is 2.54. The molecule has 0 radical (unpaired) electrons. The van der Waals surface area contributed by atoms with Crippen molar-refractivity contribution in [1.29, 1.82) is 0 Å². The minimum Gasteiger partial charge on any atom is -0.465 e. The zero-order chi connectivity index (χ0) is 18.7. The normalized spacial score (nSPS) is 30.4. The fourth-order valence-electron chi connectivity index (χ4n) is 5.79. The third-order valence-corrected chi connectivity index (χ3v) is 7.32. The van der Waals surface area contributed by atoms with Crippen LogP contribution in [0.15, 0.2) is 36.4 Å². The van der Waals surface area contributed by atoms with Crippen molar-refractivity contribution in [1.82, 2.24) is 0 Å². The van der Waals surface area contributed by atoms with E-state index < -0.39 is 0 Å². The van der Waals surface area contributed by atoms with Crippen LogP contribution in [-0.2, 0) is 4.74 Å². The van der Waals surface area contributed by atoms with Gasteiger partial charge in [-0.3, -0.25) is 0 Å². The number of fused-ring (bicyclic) bond motifs is 7. The van der Waals surface area contributed by atoms with Crippen LogP contribution in [0.5, 0.6) is 0 Å². The molecule has 5 rings (SSSR count). The van der Waals surface area contributed by atoms with Crippen LogP contribution in [0.25, 0.3) is 0 Å². The molecule has 2 aromatic rings. The molecule has 5 atom stereocenters. The van der Waals surface area contributed by atoms with Gasteiger partial charge in [0.15, 0.2) is 0 Å². The lowest BCUT2D eigenvalue weighted by molar-refractivity contribution is 0.0600. The van der Waals surface area contributed by atoms with E-state index in [9.17, 15) is 4.79 Å². The van der Waals surface area contributed by atoms with Gasteiger partial charge in [-0.1, -0.05) is 35.3 Å². The van der Waals surface area contributed by atoms with Crippen LogP contribution in [0.1, 0.15) is 52.7 Å². The average Bonchev–Trinajstić information content (AvgIpc) is 3.29. The zero-order valence-electron chi connectivity index (χ0n) is 15.0. The van der Waals surface area contributed by atoms with Gasteiger partial charge in [-0.05, 0) is 78.3 Å². The van der Waals surface area contributed by atoms with Crippen molar-refractivity contribution in [2.24, 2.45) is 17.8 Å². The molecule has 2 saturated carbocycles. The van der Waals surface area contributed by atoms with Gasteiger partial charge in [0.2, 0.25) is 0 Å². The lowest BCUT2D eigenvalue weighted by atomic mass is 9.68. The second kappa shape index (κ2) is 6.42. The molecule has 0 saturated heterocycles. The van der Waals surface area contributed by atoms with Crippen molar-refractivity contribution in [2.75, 3.05) is 12.4 Å². The van der Waals surface area contributed by atoms with E-state index in [1.165, 1.54) is 37.5 Å². The Balaban J connectivity index is 1.58. The maximum absolute atomic E-state index is 11.8. The highest BCUT2D eigenvalue weighted by Crippen LogP contribution is 2.64. The van der Waals surface area contributed by atoms with E-state index >= 15 is 0 Å². The van der Waals surface area contributed by atoms with Crippen molar-refractivity contribution in [3.63, 3.8) is 0 Å². The van der Waals surface area contributed by atoms with Crippen LogP contribution < -0.4 is 5.32 Å². The number of benzene rings is 2. The molecule has 2 aromatic carbocycles. The molecule has 2 bridgehead atoms. The first kappa shape index (κ1) is 17.4. The number of halogens is 2. The van der Waals surface area contributed by atoms with Gasteiger partial charge in [-0.2, -0.15) is 0 Å². The molecule has 0 spiro atoms. The number of carbonyl (C=O) groups excluding carboxylic acids is 1. The van der Waals surface area contributed by atoms with E-state index in [1.807, 2.05) is 30.3 Å². The summed E-state index contributed by atoms with van der Waals surface area (Å²) >= 11 is 12.9. The number of hydrogen-bond acceptors (Lipinski definition) is 3. The molecule has 3 nitrogen and oxygen atoms in total. The first-order valence-corrected chi connectivity index (χ1v) is 10.3. The summed E-state index contributed by atoms with van der Waals surface area (Å²) in [6.07, 6.45) is 3.88. The van der Waals surface area contributed by atoms with E-state index in [4.69, 9.17) is 27.9 Å². The van der Waals surface area contributed by atoms with Gasteiger partial charge in [0.1, 0.15) is 0 Å². The van der Waals surface area contributed by atoms with Gasteiger partial charge < -0.3 is 10.1 Å². The van der Waals surface area contributed by atoms with Gasteiger partial charge in [-0.25, -0.2) is 4.79 Å². The molecular formula is C22H21Cl2NO2.